The van der Waals surface area contributed by atoms with Gasteiger partial charge in [-0.2, -0.15) is 0 Å². The molecule has 0 spiro atoms. The second-order valence-electron chi connectivity index (χ2n) is 12.1. The van der Waals surface area contributed by atoms with Crippen LogP contribution in [0.15, 0.2) is 60.8 Å². The van der Waals surface area contributed by atoms with Crippen LogP contribution in [0.1, 0.15) is 162 Å². The minimum atomic E-state index is -0.814. The van der Waals surface area contributed by atoms with Crippen LogP contribution in [0.3, 0.4) is 0 Å². The Labute approximate surface area is 288 Å². The summed E-state index contributed by atoms with van der Waals surface area (Å²) in [5.41, 5.74) is 0. The Hall–Kier alpha value is -2.89. The molecule has 0 aliphatic heterocycles. The summed E-state index contributed by atoms with van der Waals surface area (Å²) in [4.78, 5) is 37.2. The third-order valence-electron chi connectivity index (χ3n) is 7.51. The topological polar surface area (TPSA) is 78.9 Å². The van der Waals surface area contributed by atoms with Gasteiger partial charge >= 0.3 is 17.9 Å². The quantitative estimate of drug-likeness (QED) is 0.0310. The summed E-state index contributed by atoms with van der Waals surface area (Å²) in [6.45, 7) is 6.26. The second-order valence-corrected chi connectivity index (χ2v) is 12.1. The molecule has 0 aromatic heterocycles. The normalized spacial score (nSPS) is 12.7. The van der Waals surface area contributed by atoms with Crippen molar-refractivity contribution in [2.45, 2.75) is 168 Å². The van der Waals surface area contributed by atoms with Gasteiger partial charge in [-0.1, -0.05) is 133 Å². The highest BCUT2D eigenvalue weighted by Crippen LogP contribution is 2.11. The van der Waals surface area contributed by atoms with Crippen LogP contribution >= 0.6 is 0 Å². The fourth-order valence-electron chi connectivity index (χ4n) is 4.64. The lowest BCUT2D eigenvalue weighted by molar-refractivity contribution is -0.166. The third-order valence-corrected chi connectivity index (χ3v) is 7.51. The number of ether oxygens (including phenoxy) is 3. The van der Waals surface area contributed by atoms with Crippen molar-refractivity contribution < 1.29 is 28.6 Å². The monoisotopic (exact) mass is 657 g/mol. The zero-order valence-electron chi connectivity index (χ0n) is 30.3. The zero-order valence-corrected chi connectivity index (χ0v) is 30.3. The average molecular weight is 657 g/mol. The number of allylic oxidation sites excluding steroid dienone is 9. The van der Waals surface area contributed by atoms with Crippen molar-refractivity contribution in [1.29, 1.82) is 0 Å². The molecule has 1 unspecified atom stereocenters. The Kier molecular flexibility index (Phi) is 33.7. The number of rotatable bonds is 32. The van der Waals surface area contributed by atoms with E-state index in [0.29, 0.717) is 12.8 Å². The van der Waals surface area contributed by atoms with Crippen LogP contribution in [0.2, 0.25) is 0 Å². The smallest absolute Gasteiger partial charge is 0.309 e. The number of hydrogen-bond donors (Lipinski definition) is 0. The third kappa shape index (κ3) is 34.3. The van der Waals surface area contributed by atoms with Crippen molar-refractivity contribution in [2.75, 3.05) is 13.2 Å². The van der Waals surface area contributed by atoms with Crippen molar-refractivity contribution in [1.82, 2.24) is 0 Å². The minimum absolute atomic E-state index is 0.113. The summed E-state index contributed by atoms with van der Waals surface area (Å²) >= 11 is 0. The minimum Gasteiger partial charge on any atom is -0.462 e. The summed E-state index contributed by atoms with van der Waals surface area (Å²) in [6, 6.07) is 0. The summed E-state index contributed by atoms with van der Waals surface area (Å²) in [6.07, 6.45) is 41.0. The predicted molar refractivity (Wildman–Crippen MR) is 196 cm³/mol. The molecule has 0 rings (SSSR count). The van der Waals surface area contributed by atoms with Gasteiger partial charge in [0.1, 0.15) is 13.2 Å². The fraction of sp³-hybridized carbons (Fsp3) is 0.683. The van der Waals surface area contributed by atoms with E-state index in [2.05, 4.69) is 69.4 Å². The van der Waals surface area contributed by atoms with Crippen molar-refractivity contribution in [3.63, 3.8) is 0 Å². The number of hydrogen-bond acceptors (Lipinski definition) is 6. The summed E-state index contributed by atoms with van der Waals surface area (Å²) in [5, 5.41) is 0. The molecule has 0 aliphatic carbocycles. The lowest BCUT2D eigenvalue weighted by Crippen LogP contribution is -2.30. The zero-order chi connectivity index (χ0) is 34.5. The van der Waals surface area contributed by atoms with E-state index >= 15 is 0 Å². The van der Waals surface area contributed by atoms with Crippen LogP contribution < -0.4 is 0 Å². The molecule has 0 amide bonds. The van der Waals surface area contributed by atoms with Gasteiger partial charge in [0.05, 0.1) is 6.42 Å². The molecule has 0 bridgehead atoms. The molecular weight excluding hydrogens is 588 g/mol. The first kappa shape index (κ1) is 44.1. The van der Waals surface area contributed by atoms with Gasteiger partial charge in [0.15, 0.2) is 6.10 Å². The van der Waals surface area contributed by atoms with Gasteiger partial charge in [0.2, 0.25) is 0 Å². The molecule has 6 nitrogen and oxygen atoms in total. The lowest BCUT2D eigenvalue weighted by atomic mass is 10.1. The van der Waals surface area contributed by atoms with Crippen LogP contribution in [0.5, 0.6) is 0 Å². The van der Waals surface area contributed by atoms with Crippen molar-refractivity contribution in [2.24, 2.45) is 0 Å². The molecule has 0 aromatic rings. The highest BCUT2D eigenvalue weighted by molar-refractivity contribution is 5.72. The van der Waals surface area contributed by atoms with E-state index in [4.69, 9.17) is 14.2 Å². The molecule has 268 valence electrons. The van der Waals surface area contributed by atoms with Gasteiger partial charge in [-0.3, -0.25) is 14.4 Å². The molecule has 0 radical (unpaired) electrons. The first-order valence-corrected chi connectivity index (χ1v) is 18.8. The number of carbonyl (C=O) groups is 3. The van der Waals surface area contributed by atoms with E-state index in [0.717, 1.165) is 96.3 Å². The van der Waals surface area contributed by atoms with Crippen LogP contribution in [0, 0.1) is 0 Å². The maximum Gasteiger partial charge on any atom is 0.309 e. The van der Waals surface area contributed by atoms with Gasteiger partial charge in [0, 0.05) is 12.8 Å². The van der Waals surface area contributed by atoms with Gasteiger partial charge in [-0.25, -0.2) is 0 Å². The first-order valence-electron chi connectivity index (χ1n) is 18.8. The fourth-order valence-corrected chi connectivity index (χ4v) is 4.64. The van der Waals surface area contributed by atoms with Crippen LogP contribution in [-0.4, -0.2) is 37.2 Å². The van der Waals surface area contributed by atoms with Crippen LogP contribution in [-0.2, 0) is 28.6 Å². The van der Waals surface area contributed by atoms with E-state index in [1.807, 2.05) is 6.08 Å². The Morgan fingerprint density at radius 1 is 0.468 bits per heavy atom. The van der Waals surface area contributed by atoms with E-state index in [1.54, 1.807) is 6.08 Å². The highest BCUT2D eigenvalue weighted by Gasteiger charge is 2.19. The van der Waals surface area contributed by atoms with E-state index < -0.39 is 12.1 Å². The van der Waals surface area contributed by atoms with Gasteiger partial charge < -0.3 is 14.2 Å². The standard InChI is InChI=1S/C41H68O6/c1-4-7-10-13-16-19-22-25-28-31-34-40(43)46-37-38(36-45-39(42)33-30-27-24-21-18-15-12-9-6-3)47-41(44)35-32-29-26-23-20-17-14-11-8-5-2/h9,12-14,16-18,21,27,30,38H,4-8,10-11,15,19-20,22-26,28-29,31-37H2,1-3H3/b12-9-,16-13-,17-14-,21-18-,30-27-. The maximum atomic E-state index is 12.6. The van der Waals surface area contributed by atoms with Crippen LogP contribution in [0.4, 0.5) is 0 Å². The maximum absolute atomic E-state index is 12.6. The molecular formula is C41H68O6. The van der Waals surface area contributed by atoms with Gasteiger partial charge in [-0.05, 0) is 70.6 Å². The van der Waals surface area contributed by atoms with Gasteiger partial charge in [0.25, 0.3) is 0 Å². The van der Waals surface area contributed by atoms with Crippen molar-refractivity contribution in [3.05, 3.63) is 60.8 Å². The number of carbonyl (C=O) groups excluding carboxylic acids is 3. The van der Waals surface area contributed by atoms with E-state index in [9.17, 15) is 14.4 Å². The first-order chi connectivity index (χ1) is 23.0. The second kappa shape index (κ2) is 36.0. The molecule has 1 atom stereocenters. The molecule has 0 saturated heterocycles. The average Bonchev–Trinajstić information content (AvgIpc) is 3.06. The van der Waals surface area contributed by atoms with Crippen molar-refractivity contribution in [3.8, 4) is 0 Å². The summed E-state index contributed by atoms with van der Waals surface area (Å²) in [7, 11) is 0. The molecule has 0 saturated carbocycles. The highest BCUT2D eigenvalue weighted by atomic mass is 16.6. The molecule has 0 heterocycles. The Balaban J connectivity index is 4.52. The summed E-state index contributed by atoms with van der Waals surface area (Å²) in [5.74, 6) is -1.08. The SMILES string of the molecule is CC/C=C\C/C=C\C/C=C\CC(=O)OCC(COC(=O)CCCCCC/C=C\CCCC)OC(=O)CCCCCC/C=C\CCCC. The van der Waals surface area contributed by atoms with Crippen molar-refractivity contribution >= 4 is 17.9 Å². The van der Waals surface area contributed by atoms with Gasteiger partial charge in [-0.15, -0.1) is 0 Å². The Morgan fingerprint density at radius 3 is 1.45 bits per heavy atom. The molecule has 0 N–H and O–H groups in total. The molecule has 47 heavy (non-hydrogen) atoms. The molecule has 6 heteroatoms. The Bertz CT molecular complexity index is 898. The Morgan fingerprint density at radius 2 is 0.915 bits per heavy atom. The number of unbranched alkanes of at least 4 members (excludes halogenated alkanes) is 12. The van der Waals surface area contributed by atoms with Crippen LogP contribution in [0.25, 0.3) is 0 Å². The largest absolute Gasteiger partial charge is 0.462 e. The summed E-state index contributed by atoms with van der Waals surface area (Å²) < 4.78 is 16.4. The number of esters is 3. The van der Waals surface area contributed by atoms with E-state index in [-0.39, 0.29) is 31.6 Å². The molecule has 0 aliphatic rings. The van der Waals surface area contributed by atoms with E-state index in [1.165, 1.54) is 25.7 Å². The predicted octanol–water partition coefficient (Wildman–Crippen LogP) is 11.4. The lowest BCUT2D eigenvalue weighted by Gasteiger charge is -2.18. The molecule has 0 aromatic carbocycles. The molecule has 0 fully saturated rings.